The molecule has 0 saturated heterocycles. The van der Waals surface area contributed by atoms with Crippen molar-refractivity contribution in [1.29, 1.82) is 0 Å². The maximum absolute atomic E-state index is 11.8. The predicted octanol–water partition coefficient (Wildman–Crippen LogP) is 0.779. The Morgan fingerprint density at radius 3 is 2.36 bits per heavy atom. The number of hydrogen-bond acceptors (Lipinski definition) is 4. The molecule has 3 amide bonds. The number of nitrogens with one attached hydrogen (secondary N) is 3. The summed E-state index contributed by atoms with van der Waals surface area (Å²) in [6.45, 7) is 1.38. The van der Waals surface area contributed by atoms with Gasteiger partial charge in [0.2, 0.25) is 0 Å². The van der Waals surface area contributed by atoms with Crippen LogP contribution in [-0.2, 0) is 4.79 Å². The van der Waals surface area contributed by atoms with Gasteiger partial charge in [-0.1, -0.05) is 18.2 Å². The van der Waals surface area contributed by atoms with Crippen LogP contribution in [-0.4, -0.2) is 24.3 Å². The topological polar surface area (TPSA) is 100 Å². The van der Waals surface area contributed by atoms with E-state index < -0.39 is 17.7 Å². The van der Waals surface area contributed by atoms with Gasteiger partial charge in [0.15, 0.2) is 0 Å². The third-order valence-corrected chi connectivity index (χ3v) is 2.86. The average molecular weight is 301 g/mol. The van der Waals surface area contributed by atoms with Gasteiger partial charge < -0.3 is 9.73 Å². The molecule has 0 unspecified atom stereocenters. The minimum absolute atomic E-state index is 0.265. The van der Waals surface area contributed by atoms with Crippen LogP contribution in [0.4, 0.5) is 0 Å². The van der Waals surface area contributed by atoms with E-state index in [2.05, 4.69) is 16.2 Å². The van der Waals surface area contributed by atoms with Crippen molar-refractivity contribution in [3.8, 4) is 0 Å². The third kappa shape index (κ3) is 3.95. The van der Waals surface area contributed by atoms with Crippen LogP contribution in [0.2, 0.25) is 0 Å². The van der Waals surface area contributed by atoms with Gasteiger partial charge in [0.1, 0.15) is 5.76 Å². The van der Waals surface area contributed by atoms with E-state index in [9.17, 15) is 14.4 Å². The first-order valence-electron chi connectivity index (χ1n) is 6.54. The Morgan fingerprint density at radius 1 is 1.00 bits per heavy atom. The Hall–Kier alpha value is -3.09. The van der Waals surface area contributed by atoms with E-state index >= 15 is 0 Å². The van der Waals surface area contributed by atoms with Gasteiger partial charge in [0.25, 0.3) is 17.7 Å². The molecular formula is C15H15N3O4. The Balaban J connectivity index is 1.76. The van der Waals surface area contributed by atoms with Crippen molar-refractivity contribution in [3.05, 3.63) is 59.5 Å². The molecule has 0 radical (unpaired) electrons. The molecule has 114 valence electrons. The summed E-state index contributed by atoms with van der Waals surface area (Å²) in [5, 5.41) is 2.43. The summed E-state index contributed by atoms with van der Waals surface area (Å²) >= 11 is 0. The number of benzene rings is 1. The van der Waals surface area contributed by atoms with E-state index in [0.29, 0.717) is 16.9 Å². The average Bonchev–Trinajstić information content (AvgIpc) is 2.97. The molecule has 0 aliphatic heterocycles. The summed E-state index contributed by atoms with van der Waals surface area (Å²) in [5.74, 6) is -0.934. The molecule has 1 heterocycles. The van der Waals surface area contributed by atoms with Crippen LogP contribution in [0.1, 0.15) is 26.5 Å². The summed E-state index contributed by atoms with van der Waals surface area (Å²) in [6.07, 6.45) is 1.39. The first kappa shape index (κ1) is 15.3. The molecule has 0 saturated carbocycles. The van der Waals surface area contributed by atoms with Crippen molar-refractivity contribution in [2.45, 2.75) is 6.92 Å². The fourth-order valence-corrected chi connectivity index (χ4v) is 1.71. The molecule has 2 aromatic rings. The van der Waals surface area contributed by atoms with E-state index in [1.54, 1.807) is 37.3 Å². The number of carbonyl (C=O) groups is 3. The molecule has 0 bridgehead atoms. The first-order valence-corrected chi connectivity index (χ1v) is 6.54. The van der Waals surface area contributed by atoms with Gasteiger partial charge >= 0.3 is 0 Å². The number of hydrazine groups is 1. The van der Waals surface area contributed by atoms with E-state index in [1.165, 1.54) is 12.3 Å². The van der Waals surface area contributed by atoms with Crippen molar-refractivity contribution in [3.63, 3.8) is 0 Å². The molecule has 1 aromatic heterocycles. The van der Waals surface area contributed by atoms with Crippen LogP contribution in [0.3, 0.4) is 0 Å². The van der Waals surface area contributed by atoms with Gasteiger partial charge in [-0.3, -0.25) is 25.2 Å². The predicted molar refractivity (Wildman–Crippen MR) is 77.8 cm³/mol. The highest BCUT2D eigenvalue weighted by Crippen LogP contribution is 2.07. The fraction of sp³-hybridized carbons (Fsp3) is 0.133. The zero-order valence-corrected chi connectivity index (χ0v) is 11.9. The molecule has 0 fully saturated rings. The normalized spacial score (nSPS) is 9.86. The molecule has 7 heteroatoms. The van der Waals surface area contributed by atoms with Gasteiger partial charge in [0, 0.05) is 5.56 Å². The van der Waals surface area contributed by atoms with Crippen molar-refractivity contribution in [2.24, 2.45) is 0 Å². The maximum atomic E-state index is 11.8. The highest BCUT2D eigenvalue weighted by atomic mass is 16.3. The summed E-state index contributed by atoms with van der Waals surface area (Å²) in [5.41, 5.74) is 5.26. The van der Waals surface area contributed by atoms with Gasteiger partial charge in [0.05, 0.1) is 18.4 Å². The molecule has 22 heavy (non-hydrogen) atoms. The number of carbonyl (C=O) groups excluding carboxylic acids is 3. The lowest BCUT2D eigenvalue weighted by Crippen LogP contribution is -2.46. The molecule has 0 aliphatic carbocycles. The van der Waals surface area contributed by atoms with E-state index in [4.69, 9.17) is 4.42 Å². The van der Waals surface area contributed by atoms with Crippen LogP contribution >= 0.6 is 0 Å². The number of aryl methyl sites for hydroxylation is 1. The van der Waals surface area contributed by atoms with Crippen molar-refractivity contribution < 1.29 is 18.8 Å². The van der Waals surface area contributed by atoms with Crippen LogP contribution in [0.5, 0.6) is 0 Å². The van der Waals surface area contributed by atoms with Gasteiger partial charge in [-0.05, 0) is 25.1 Å². The smallest absolute Gasteiger partial charge is 0.269 e. The summed E-state index contributed by atoms with van der Waals surface area (Å²) in [4.78, 5) is 35.0. The monoisotopic (exact) mass is 301 g/mol. The lowest BCUT2D eigenvalue weighted by Gasteiger charge is -2.08. The molecule has 0 aliphatic rings. The van der Waals surface area contributed by atoms with E-state index in [0.717, 1.165) is 0 Å². The lowest BCUT2D eigenvalue weighted by atomic mass is 10.2. The Morgan fingerprint density at radius 2 is 1.73 bits per heavy atom. The van der Waals surface area contributed by atoms with E-state index in [-0.39, 0.29) is 6.54 Å². The van der Waals surface area contributed by atoms with Gasteiger partial charge in [-0.25, -0.2) is 0 Å². The van der Waals surface area contributed by atoms with E-state index in [1.807, 2.05) is 0 Å². The number of amides is 3. The molecule has 2 rings (SSSR count). The van der Waals surface area contributed by atoms with Crippen molar-refractivity contribution in [2.75, 3.05) is 6.54 Å². The Kier molecular flexibility index (Phi) is 4.92. The molecule has 0 atom stereocenters. The Labute approximate surface area is 126 Å². The summed E-state index contributed by atoms with van der Waals surface area (Å²) in [7, 11) is 0. The minimum atomic E-state index is -0.543. The molecular weight excluding hydrogens is 286 g/mol. The largest absolute Gasteiger partial charge is 0.469 e. The Bertz CT molecular complexity index is 679. The quantitative estimate of drug-likeness (QED) is 0.726. The molecule has 7 nitrogen and oxygen atoms in total. The number of furan rings is 1. The van der Waals surface area contributed by atoms with Gasteiger partial charge in [-0.15, -0.1) is 0 Å². The standard InChI is InChI=1S/C15H15N3O4/c1-10-12(7-8-22-10)15(21)16-9-13(19)17-18-14(20)11-5-3-2-4-6-11/h2-8H,9H2,1H3,(H,16,21)(H,17,19)(H,18,20). The fourth-order valence-electron chi connectivity index (χ4n) is 1.71. The zero-order valence-electron chi connectivity index (χ0n) is 11.9. The second-order valence-electron chi connectivity index (χ2n) is 4.44. The van der Waals surface area contributed by atoms with Crippen LogP contribution in [0.15, 0.2) is 47.1 Å². The zero-order chi connectivity index (χ0) is 15.9. The highest BCUT2D eigenvalue weighted by molar-refractivity contribution is 5.98. The minimum Gasteiger partial charge on any atom is -0.469 e. The second kappa shape index (κ2) is 7.07. The van der Waals surface area contributed by atoms with Gasteiger partial charge in [-0.2, -0.15) is 0 Å². The van der Waals surface area contributed by atoms with Crippen LogP contribution < -0.4 is 16.2 Å². The highest BCUT2D eigenvalue weighted by Gasteiger charge is 2.13. The molecule has 0 spiro atoms. The third-order valence-electron chi connectivity index (χ3n) is 2.86. The second-order valence-corrected chi connectivity index (χ2v) is 4.44. The van der Waals surface area contributed by atoms with Crippen LogP contribution in [0.25, 0.3) is 0 Å². The summed E-state index contributed by atoms with van der Waals surface area (Å²) < 4.78 is 5.00. The molecule has 3 N–H and O–H groups in total. The summed E-state index contributed by atoms with van der Waals surface area (Å²) in [6, 6.07) is 9.95. The SMILES string of the molecule is Cc1occc1C(=O)NCC(=O)NNC(=O)c1ccccc1. The molecule has 1 aromatic carbocycles. The maximum Gasteiger partial charge on any atom is 0.269 e. The number of rotatable bonds is 4. The first-order chi connectivity index (χ1) is 10.6. The van der Waals surface area contributed by atoms with Crippen LogP contribution in [0, 0.1) is 6.92 Å². The number of hydrogen-bond donors (Lipinski definition) is 3. The lowest BCUT2D eigenvalue weighted by molar-refractivity contribution is -0.120. The van der Waals surface area contributed by atoms with Crippen molar-refractivity contribution in [1.82, 2.24) is 16.2 Å². The van der Waals surface area contributed by atoms with Crippen molar-refractivity contribution >= 4 is 17.7 Å².